The van der Waals surface area contributed by atoms with Gasteiger partial charge < -0.3 is 14.2 Å². The zero-order valence-corrected chi connectivity index (χ0v) is 5.83. The van der Waals surface area contributed by atoms with Crippen molar-refractivity contribution in [3.8, 4) is 0 Å². The molecule has 0 bridgehead atoms. The molecule has 0 atom stereocenters. The first-order valence-corrected chi connectivity index (χ1v) is 2.71. The Labute approximate surface area is 59.4 Å². The predicted molar refractivity (Wildman–Crippen MR) is 33.9 cm³/mol. The van der Waals surface area contributed by atoms with Gasteiger partial charge in [0.25, 0.3) is 0 Å². The van der Waals surface area contributed by atoms with Gasteiger partial charge in [-0.2, -0.15) is 0 Å². The average Bonchev–Trinajstić information content (AvgIpc) is 1.87. The molecule has 0 aliphatic rings. The third kappa shape index (κ3) is 6.97. The van der Waals surface area contributed by atoms with Crippen LogP contribution in [0, 0.1) is 0 Å². The van der Waals surface area contributed by atoms with E-state index in [1.165, 1.54) is 13.2 Å². The van der Waals surface area contributed by atoms with Crippen molar-refractivity contribution >= 4 is 5.97 Å². The first kappa shape index (κ1) is 8.97. The van der Waals surface area contributed by atoms with Crippen LogP contribution >= 0.6 is 0 Å². The highest BCUT2D eigenvalue weighted by molar-refractivity contribution is 5.65. The third-order valence-corrected chi connectivity index (χ3v) is 0.615. The van der Waals surface area contributed by atoms with Crippen molar-refractivity contribution in [2.45, 2.75) is 6.92 Å². The first-order valence-electron chi connectivity index (χ1n) is 2.71. The summed E-state index contributed by atoms with van der Waals surface area (Å²) in [5, 5.41) is 0. The lowest BCUT2D eigenvalue weighted by molar-refractivity contribution is -0.161. The lowest BCUT2D eigenvalue weighted by atomic mass is 10.8. The van der Waals surface area contributed by atoms with Gasteiger partial charge >= 0.3 is 5.97 Å². The smallest absolute Gasteiger partial charge is 0.304 e. The molecule has 0 saturated heterocycles. The highest BCUT2D eigenvalue weighted by Gasteiger charge is 1.89. The standard InChI is InChI=1S/C6H10O4/c1-3-8-4-9-5-10-6(2)7/h3H,1,4-5H2,2H3. The van der Waals surface area contributed by atoms with Crippen molar-refractivity contribution in [2.75, 3.05) is 13.6 Å². The summed E-state index contributed by atoms with van der Waals surface area (Å²) in [6.07, 6.45) is 1.24. The summed E-state index contributed by atoms with van der Waals surface area (Å²) in [7, 11) is 0. The number of carbonyl (C=O) groups is 1. The van der Waals surface area contributed by atoms with Crippen LogP contribution in [-0.2, 0) is 19.0 Å². The van der Waals surface area contributed by atoms with E-state index in [0.29, 0.717) is 0 Å². The van der Waals surface area contributed by atoms with Crippen molar-refractivity contribution in [1.82, 2.24) is 0 Å². The minimum atomic E-state index is -0.376. The molecule has 0 saturated carbocycles. The largest absolute Gasteiger partial charge is 0.476 e. The number of hydrogen-bond acceptors (Lipinski definition) is 4. The van der Waals surface area contributed by atoms with Gasteiger partial charge in [-0.25, -0.2) is 0 Å². The molecule has 4 nitrogen and oxygen atoms in total. The van der Waals surface area contributed by atoms with E-state index in [0.717, 1.165) is 0 Å². The van der Waals surface area contributed by atoms with E-state index in [1.807, 2.05) is 0 Å². The van der Waals surface area contributed by atoms with Crippen LogP contribution < -0.4 is 0 Å². The van der Waals surface area contributed by atoms with Gasteiger partial charge in [-0.3, -0.25) is 4.79 Å². The van der Waals surface area contributed by atoms with Crippen molar-refractivity contribution in [3.05, 3.63) is 12.8 Å². The summed E-state index contributed by atoms with van der Waals surface area (Å²) in [4.78, 5) is 10.1. The molecule has 10 heavy (non-hydrogen) atoms. The van der Waals surface area contributed by atoms with Crippen LogP contribution in [0.1, 0.15) is 6.92 Å². The summed E-state index contributed by atoms with van der Waals surface area (Å²) in [6.45, 7) is 4.56. The molecule has 0 spiro atoms. The number of ether oxygens (including phenoxy) is 3. The summed E-state index contributed by atoms with van der Waals surface area (Å²) >= 11 is 0. The molecular formula is C6H10O4. The Morgan fingerprint density at radius 3 is 2.80 bits per heavy atom. The SMILES string of the molecule is C=COCOCOC(C)=O. The molecule has 0 rings (SSSR count). The van der Waals surface area contributed by atoms with Crippen LogP contribution in [0.3, 0.4) is 0 Å². The Bertz CT molecular complexity index is 110. The Balaban J connectivity index is 2.90. The lowest BCUT2D eigenvalue weighted by Gasteiger charge is -2.02. The maximum absolute atomic E-state index is 10.1. The van der Waals surface area contributed by atoms with Gasteiger partial charge in [-0.1, -0.05) is 6.58 Å². The van der Waals surface area contributed by atoms with Crippen LogP contribution in [0.15, 0.2) is 12.8 Å². The van der Waals surface area contributed by atoms with Gasteiger partial charge in [-0.05, 0) is 0 Å². The molecule has 0 N–H and O–H groups in total. The van der Waals surface area contributed by atoms with E-state index in [2.05, 4.69) is 20.8 Å². The van der Waals surface area contributed by atoms with E-state index in [-0.39, 0.29) is 19.6 Å². The molecule has 58 valence electrons. The minimum absolute atomic E-state index is 0.0524. The predicted octanol–water partition coefficient (Wildman–Crippen LogP) is 0.641. The van der Waals surface area contributed by atoms with Gasteiger partial charge in [0.1, 0.15) is 0 Å². The number of esters is 1. The Morgan fingerprint density at radius 1 is 1.60 bits per heavy atom. The van der Waals surface area contributed by atoms with Crippen LogP contribution in [0.4, 0.5) is 0 Å². The van der Waals surface area contributed by atoms with Gasteiger partial charge in [0.05, 0.1) is 6.26 Å². The fourth-order valence-corrected chi connectivity index (χ4v) is 0.255. The van der Waals surface area contributed by atoms with E-state index in [1.54, 1.807) is 0 Å². The Hall–Kier alpha value is -1.03. The van der Waals surface area contributed by atoms with Crippen LogP contribution in [-0.4, -0.2) is 19.6 Å². The summed E-state index contributed by atoms with van der Waals surface area (Å²) in [5.74, 6) is -0.376. The average molecular weight is 146 g/mol. The number of carbonyl (C=O) groups excluding carboxylic acids is 1. The van der Waals surface area contributed by atoms with Crippen molar-refractivity contribution in [1.29, 1.82) is 0 Å². The molecule has 4 heteroatoms. The molecule has 0 aliphatic heterocycles. The Morgan fingerprint density at radius 2 is 2.30 bits per heavy atom. The van der Waals surface area contributed by atoms with Gasteiger partial charge in [0.2, 0.25) is 0 Å². The van der Waals surface area contributed by atoms with Gasteiger partial charge in [0, 0.05) is 6.92 Å². The number of rotatable bonds is 5. The maximum atomic E-state index is 10.1. The highest BCUT2D eigenvalue weighted by atomic mass is 16.7. The zero-order chi connectivity index (χ0) is 7.82. The molecular weight excluding hydrogens is 136 g/mol. The highest BCUT2D eigenvalue weighted by Crippen LogP contribution is 1.80. The van der Waals surface area contributed by atoms with Crippen molar-refractivity contribution < 1.29 is 19.0 Å². The van der Waals surface area contributed by atoms with Crippen LogP contribution in [0.25, 0.3) is 0 Å². The molecule has 0 heterocycles. The first-order chi connectivity index (χ1) is 4.77. The fourth-order valence-electron chi connectivity index (χ4n) is 0.255. The van der Waals surface area contributed by atoms with E-state index < -0.39 is 0 Å². The Kier molecular flexibility index (Phi) is 5.47. The third-order valence-electron chi connectivity index (χ3n) is 0.615. The van der Waals surface area contributed by atoms with Crippen molar-refractivity contribution in [2.24, 2.45) is 0 Å². The molecule has 0 aromatic carbocycles. The number of hydrogen-bond donors (Lipinski definition) is 0. The molecule has 0 radical (unpaired) electrons. The van der Waals surface area contributed by atoms with E-state index >= 15 is 0 Å². The molecule has 0 fully saturated rings. The monoisotopic (exact) mass is 146 g/mol. The van der Waals surface area contributed by atoms with Gasteiger partial charge in [0.15, 0.2) is 13.6 Å². The topological polar surface area (TPSA) is 44.8 Å². The van der Waals surface area contributed by atoms with Gasteiger partial charge in [-0.15, -0.1) is 0 Å². The molecule has 0 unspecified atom stereocenters. The molecule has 0 aromatic heterocycles. The second-order valence-corrected chi connectivity index (χ2v) is 1.41. The van der Waals surface area contributed by atoms with Crippen molar-refractivity contribution in [3.63, 3.8) is 0 Å². The maximum Gasteiger partial charge on any atom is 0.304 e. The van der Waals surface area contributed by atoms with E-state index in [9.17, 15) is 4.79 Å². The summed E-state index contributed by atoms with van der Waals surface area (Å²) in [6, 6.07) is 0. The summed E-state index contributed by atoms with van der Waals surface area (Å²) in [5.41, 5.74) is 0. The second kappa shape index (κ2) is 6.10. The lowest BCUT2D eigenvalue weighted by Crippen LogP contribution is -2.05. The van der Waals surface area contributed by atoms with Crippen LogP contribution in [0.5, 0.6) is 0 Å². The quantitative estimate of drug-likeness (QED) is 0.247. The minimum Gasteiger partial charge on any atom is -0.476 e. The molecule has 0 aromatic rings. The summed E-state index contributed by atoms with van der Waals surface area (Å²) < 4.78 is 13.6. The van der Waals surface area contributed by atoms with E-state index in [4.69, 9.17) is 0 Å². The van der Waals surface area contributed by atoms with Crippen LogP contribution in [0.2, 0.25) is 0 Å². The molecule has 0 aliphatic carbocycles. The molecule has 0 amide bonds. The normalized spacial score (nSPS) is 8.50. The fraction of sp³-hybridized carbons (Fsp3) is 0.500. The zero-order valence-electron chi connectivity index (χ0n) is 5.83. The second-order valence-electron chi connectivity index (χ2n) is 1.41.